The number of hydrogen-bond donors (Lipinski definition) is 1. The summed E-state index contributed by atoms with van der Waals surface area (Å²) in [5.41, 5.74) is 1.14. The molecule has 0 amide bonds. The van der Waals surface area contributed by atoms with Crippen LogP contribution in [0.1, 0.15) is 5.56 Å². The molecule has 1 N–H and O–H groups in total. The molecule has 0 aromatic heterocycles. The van der Waals surface area contributed by atoms with Gasteiger partial charge in [-0.1, -0.05) is 6.08 Å². The van der Waals surface area contributed by atoms with Crippen molar-refractivity contribution in [3.05, 3.63) is 30.4 Å². The molecule has 0 aliphatic heterocycles. The largest absolute Gasteiger partial charge is 0.493 e. The summed E-state index contributed by atoms with van der Waals surface area (Å²) < 4.78 is 15.9. The monoisotopic (exact) mass is 287 g/mol. The number of nitrogens with one attached hydrogen (secondary N) is 1. The molecular weight excluding hydrogens is 266 g/mol. The van der Waals surface area contributed by atoms with Crippen molar-refractivity contribution >= 4 is 12.4 Å². The van der Waals surface area contributed by atoms with E-state index < -0.39 is 0 Å². The fraction of sp³-hybridized carbons (Fsp3) is 0.429. The van der Waals surface area contributed by atoms with Crippen LogP contribution >= 0.6 is 12.4 Å². The third-order valence-electron chi connectivity index (χ3n) is 2.60. The van der Waals surface area contributed by atoms with Crippen molar-refractivity contribution < 1.29 is 14.2 Å². The molecule has 0 unspecified atom stereocenters. The van der Waals surface area contributed by atoms with E-state index in [1.165, 1.54) is 0 Å². The zero-order chi connectivity index (χ0) is 13.4. The summed E-state index contributed by atoms with van der Waals surface area (Å²) in [4.78, 5) is 0. The minimum atomic E-state index is 0. The van der Waals surface area contributed by atoms with Crippen LogP contribution in [0.4, 0.5) is 0 Å². The molecule has 0 saturated carbocycles. The van der Waals surface area contributed by atoms with E-state index in [9.17, 15) is 0 Å². The van der Waals surface area contributed by atoms with E-state index in [2.05, 4.69) is 11.9 Å². The standard InChI is InChI=1S/C14H21NO3.ClH/c1-5-7-15-8-6-11-9-12(16-2)14(18-4)13(10-11)17-3;/h5,9-10,15H,1,6-8H2,2-4H3;1H. The van der Waals surface area contributed by atoms with Gasteiger partial charge in [-0.2, -0.15) is 0 Å². The van der Waals surface area contributed by atoms with Crippen LogP contribution < -0.4 is 19.5 Å². The van der Waals surface area contributed by atoms with Crippen LogP contribution in [0.25, 0.3) is 0 Å². The molecule has 1 aromatic rings. The maximum Gasteiger partial charge on any atom is 0.203 e. The van der Waals surface area contributed by atoms with E-state index in [4.69, 9.17) is 14.2 Å². The molecule has 0 bridgehead atoms. The second-order valence-electron chi connectivity index (χ2n) is 3.78. The van der Waals surface area contributed by atoms with Gasteiger partial charge in [0.2, 0.25) is 5.75 Å². The van der Waals surface area contributed by atoms with Gasteiger partial charge in [0.1, 0.15) is 0 Å². The number of halogens is 1. The minimum Gasteiger partial charge on any atom is -0.493 e. The third kappa shape index (κ3) is 5.01. The fourth-order valence-corrected chi connectivity index (χ4v) is 1.72. The van der Waals surface area contributed by atoms with Gasteiger partial charge in [0.05, 0.1) is 21.3 Å². The van der Waals surface area contributed by atoms with Crippen molar-refractivity contribution in [3.63, 3.8) is 0 Å². The lowest BCUT2D eigenvalue weighted by atomic mass is 10.1. The molecule has 0 aliphatic carbocycles. The van der Waals surface area contributed by atoms with Crippen LogP contribution in [0.15, 0.2) is 24.8 Å². The minimum absolute atomic E-state index is 0. The summed E-state index contributed by atoms with van der Waals surface area (Å²) >= 11 is 0. The molecule has 0 fully saturated rings. The van der Waals surface area contributed by atoms with E-state index >= 15 is 0 Å². The molecule has 0 saturated heterocycles. The van der Waals surface area contributed by atoms with Crippen molar-refractivity contribution in [1.29, 1.82) is 0 Å². The Bertz CT molecular complexity index is 371. The van der Waals surface area contributed by atoms with Crippen LogP contribution in [0.3, 0.4) is 0 Å². The van der Waals surface area contributed by atoms with Gasteiger partial charge in [-0.25, -0.2) is 0 Å². The van der Waals surface area contributed by atoms with E-state index in [0.717, 1.165) is 25.1 Å². The first kappa shape index (κ1) is 17.6. The molecular formula is C14H22ClNO3. The van der Waals surface area contributed by atoms with Crippen LogP contribution in [0.2, 0.25) is 0 Å². The van der Waals surface area contributed by atoms with E-state index in [1.54, 1.807) is 21.3 Å². The van der Waals surface area contributed by atoms with Gasteiger partial charge < -0.3 is 19.5 Å². The Kier molecular flexibility index (Phi) is 8.83. The average Bonchev–Trinajstić information content (AvgIpc) is 2.42. The predicted octanol–water partition coefficient (Wildman–Crippen LogP) is 2.45. The topological polar surface area (TPSA) is 39.7 Å². The summed E-state index contributed by atoms with van der Waals surface area (Å²) in [6, 6.07) is 3.94. The first-order valence-corrected chi connectivity index (χ1v) is 5.87. The summed E-state index contributed by atoms with van der Waals surface area (Å²) in [6.45, 7) is 5.35. The molecule has 108 valence electrons. The maximum absolute atomic E-state index is 5.31. The van der Waals surface area contributed by atoms with Crippen molar-refractivity contribution in [2.45, 2.75) is 6.42 Å². The fourth-order valence-electron chi connectivity index (χ4n) is 1.72. The van der Waals surface area contributed by atoms with Gasteiger partial charge in [-0.3, -0.25) is 0 Å². The molecule has 0 heterocycles. The van der Waals surface area contributed by atoms with Crippen LogP contribution in [0.5, 0.6) is 17.2 Å². The van der Waals surface area contributed by atoms with Crippen molar-refractivity contribution in [2.24, 2.45) is 0 Å². The predicted molar refractivity (Wildman–Crippen MR) is 80.1 cm³/mol. The summed E-state index contributed by atoms with van der Waals surface area (Å²) in [6.07, 6.45) is 2.74. The number of hydrogen-bond acceptors (Lipinski definition) is 4. The lowest BCUT2D eigenvalue weighted by Crippen LogP contribution is -2.16. The lowest BCUT2D eigenvalue weighted by Gasteiger charge is -2.14. The molecule has 1 aromatic carbocycles. The van der Waals surface area contributed by atoms with E-state index in [0.29, 0.717) is 17.2 Å². The molecule has 0 aliphatic rings. The Morgan fingerprint density at radius 1 is 1.11 bits per heavy atom. The van der Waals surface area contributed by atoms with Gasteiger partial charge in [0.15, 0.2) is 11.5 Å². The zero-order valence-electron chi connectivity index (χ0n) is 11.7. The normalized spacial score (nSPS) is 9.42. The number of ether oxygens (including phenoxy) is 3. The Hall–Kier alpha value is -1.39. The Morgan fingerprint density at radius 3 is 2.11 bits per heavy atom. The van der Waals surface area contributed by atoms with Crippen LogP contribution in [0, 0.1) is 0 Å². The average molecular weight is 288 g/mol. The molecule has 0 spiro atoms. The number of methoxy groups -OCH3 is 3. The van der Waals surface area contributed by atoms with Crippen molar-refractivity contribution in [2.75, 3.05) is 34.4 Å². The van der Waals surface area contributed by atoms with E-state index in [-0.39, 0.29) is 12.4 Å². The number of benzene rings is 1. The smallest absolute Gasteiger partial charge is 0.203 e. The molecule has 19 heavy (non-hydrogen) atoms. The first-order chi connectivity index (χ1) is 8.76. The highest BCUT2D eigenvalue weighted by Gasteiger charge is 2.12. The summed E-state index contributed by atoms with van der Waals surface area (Å²) in [7, 11) is 4.85. The highest BCUT2D eigenvalue weighted by molar-refractivity contribution is 5.85. The Balaban J connectivity index is 0.00000324. The van der Waals surface area contributed by atoms with Gasteiger partial charge in [0, 0.05) is 6.54 Å². The summed E-state index contributed by atoms with van der Waals surface area (Å²) in [5.74, 6) is 2.01. The van der Waals surface area contributed by atoms with Crippen molar-refractivity contribution in [3.8, 4) is 17.2 Å². The maximum atomic E-state index is 5.31. The van der Waals surface area contributed by atoms with Gasteiger partial charge in [-0.15, -0.1) is 19.0 Å². The van der Waals surface area contributed by atoms with Crippen LogP contribution in [-0.2, 0) is 6.42 Å². The summed E-state index contributed by atoms with van der Waals surface area (Å²) in [5, 5.41) is 3.26. The zero-order valence-corrected chi connectivity index (χ0v) is 12.5. The third-order valence-corrected chi connectivity index (χ3v) is 2.60. The van der Waals surface area contributed by atoms with Gasteiger partial charge in [0.25, 0.3) is 0 Å². The molecule has 0 radical (unpaired) electrons. The first-order valence-electron chi connectivity index (χ1n) is 5.87. The second-order valence-corrected chi connectivity index (χ2v) is 3.78. The lowest BCUT2D eigenvalue weighted by molar-refractivity contribution is 0.324. The Morgan fingerprint density at radius 2 is 1.68 bits per heavy atom. The van der Waals surface area contributed by atoms with Gasteiger partial charge in [-0.05, 0) is 30.7 Å². The number of rotatable bonds is 8. The Labute approximate surface area is 121 Å². The highest BCUT2D eigenvalue weighted by Crippen LogP contribution is 2.38. The quantitative estimate of drug-likeness (QED) is 0.589. The van der Waals surface area contributed by atoms with Crippen LogP contribution in [-0.4, -0.2) is 34.4 Å². The molecule has 1 rings (SSSR count). The molecule has 0 atom stereocenters. The molecule has 5 heteroatoms. The highest BCUT2D eigenvalue weighted by atomic mass is 35.5. The second kappa shape index (κ2) is 9.53. The van der Waals surface area contributed by atoms with Crippen molar-refractivity contribution in [1.82, 2.24) is 5.32 Å². The van der Waals surface area contributed by atoms with Gasteiger partial charge >= 0.3 is 0 Å². The molecule has 4 nitrogen and oxygen atoms in total. The van der Waals surface area contributed by atoms with E-state index in [1.807, 2.05) is 18.2 Å². The SMILES string of the molecule is C=CCNCCc1cc(OC)c(OC)c(OC)c1.Cl.